The number of ether oxygens (including phenoxy) is 2. The van der Waals surface area contributed by atoms with E-state index in [1.807, 2.05) is 4.90 Å². The Morgan fingerprint density at radius 1 is 0.972 bits per heavy atom. The topological polar surface area (TPSA) is 54.4 Å². The van der Waals surface area contributed by atoms with E-state index in [2.05, 4.69) is 4.99 Å². The fraction of sp³-hybridized carbons (Fsp3) is 0.231. The Balaban J connectivity index is 1.48. The average molecular weight is 499 g/mol. The zero-order valence-corrected chi connectivity index (χ0v) is 19.2. The molecule has 2 aliphatic heterocycles. The van der Waals surface area contributed by atoms with Crippen LogP contribution in [0.25, 0.3) is 0 Å². The number of amidine groups is 1. The Morgan fingerprint density at radius 2 is 1.72 bits per heavy atom. The Kier molecular flexibility index (Phi) is 6.03. The van der Waals surface area contributed by atoms with Crippen LogP contribution in [0.3, 0.4) is 0 Å². The van der Waals surface area contributed by atoms with E-state index in [1.165, 1.54) is 31.4 Å². The van der Waals surface area contributed by atoms with Crippen molar-refractivity contribution in [3.05, 3.63) is 83.2 Å². The summed E-state index contributed by atoms with van der Waals surface area (Å²) in [6.45, 7) is 1.38. The molecule has 36 heavy (non-hydrogen) atoms. The van der Waals surface area contributed by atoms with Crippen LogP contribution in [0.2, 0.25) is 0 Å². The second kappa shape index (κ2) is 9.18. The highest BCUT2D eigenvalue weighted by Crippen LogP contribution is 2.42. The molecule has 0 aliphatic carbocycles. The van der Waals surface area contributed by atoms with Gasteiger partial charge in [-0.15, -0.1) is 0 Å². The van der Waals surface area contributed by atoms with Crippen LogP contribution in [0, 0.1) is 5.82 Å². The molecular weight excluding hydrogens is 478 g/mol. The van der Waals surface area contributed by atoms with Gasteiger partial charge in [-0.3, -0.25) is 4.79 Å². The maximum absolute atomic E-state index is 13.6. The molecule has 0 bridgehead atoms. The van der Waals surface area contributed by atoms with Gasteiger partial charge in [0.1, 0.15) is 28.8 Å². The molecule has 186 valence electrons. The number of halogens is 4. The van der Waals surface area contributed by atoms with E-state index in [0.717, 1.165) is 12.1 Å². The average Bonchev–Trinajstić information content (AvgIpc) is 3.03. The maximum atomic E-state index is 13.6. The van der Waals surface area contributed by atoms with Crippen molar-refractivity contribution in [2.24, 2.45) is 4.99 Å². The van der Waals surface area contributed by atoms with E-state index in [1.54, 1.807) is 29.2 Å². The van der Waals surface area contributed by atoms with Gasteiger partial charge in [0.15, 0.2) is 5.75 Å². The number of hydrogen-bond donors (Lipinski definition) is 0. The third-order valence-electron chi connectivity index (χ3n) is 6.10. The van der Waals surface area contributed by atoms with E-state index in [0.29, 0.717) is 49.1 Å². The first-order valence-electron chi connectivity index (χ1n) is 11.2. The minimum absolute atomic E-state index is 0.0493. The lowest BCUT2D eigenvalue weighted by molar-refractivity contribution is -0.137. The summed E-state index contributed by atoms with van der Waals surface area (Å²) in [4.78, 5) is 20.9. The lowest BCUT2D eigenvalue weighted by Crippen LogP contribution is -2.50. The molecule has 1 saturated heterocycles. The van der Waals surface area contributed by atoms with Crippen LogP contribution in [0.1, 0.15) is 21.5 Å². The highest BCUT2D eigenvalue weighted by molar-refractivity contribution is 6.04. The van der Waals surface area contributed by atoms with E-state index >= 15 is 0 Å². The van der Waals surface area contributed by atoms with Gasteiger partial charge in [0.05, 0.1) is 18.2 Å². The molecule has 0 spiro atoms. The Labute approximate surface area is 204 Å². The van der Waals surface area contributed by atoms with Gasteiger partial charge in [-0.25, -0.2) is 9.38 Å². The summed E-state index contributed by atoms with van der Waals surface area (Å²) in [5.41, 5.74) is 0.0339. The summed E-state index contributed by atoms with van der Waals surface area (Å²) in [5.74, 6) is 0.791. The van der Waals surface area contributed by atoms with Gasteiger partial charge in [0, 0.05) is 31.7 Å². The molecule has 3 aromatic carbocycles. The number of methoxy groups -OCH3 is 1. The van der Waals surface area contributed by atoms with Gasteiger partial charge in [0.25, 0.3) is 5.91 Å². The SMILES string of the molecule is COc1ccc2c(c1)C(N1CCN(C(=O)c3cccc(F)c3)CC1)=Nc1cc(C(F)(F)F)ccc1O2. The molecule has 2 heterocycles. The first-order chi connectivity index (χ1) is 17.2. The molecule has 0 aromatic heterocycles. The molecule has 0 unspecified atom stereocenters. The van der Waals surface area contributed by atoms with E-state index in [4.69, 9.17) is 9.47 Å². The predicted octanol–water partition coefficient (Wildman–Crippen LogP) is 5.50. The fourth-order valence-electron chi connectivity index (χ4n) is 4.23. The van der Waals surface area contributed by atoms with Crippen molar-refractivity contribution in [3.63, 3.8) is 0 Å². The number of carbonyl (C=O) groups excluding carboxylic acids is 1. The van der Waals surface area contributed by atoms with Crippen LogP contribution in [0.5, 0.6) is 17.2 Å². The summed E-state index contributed by atoms with van der Waals surface area (Å²) in [5, 5.41) is 0. The van der Waals surface area contributed by atoms with Gasteiger partial charge >= 0.3 is 6.18 Å². The predicted molar refractivity (Wildman–Crippen MR) is 125 cm³/mol. The molecular formula is C26H21F4N3O3. The number of piperazine rings is 1. The van der Waals surface area contributed by atoms with E-state index < -0.39 is 17.6 Å². The number of carbonyl (C=O) groups is 1. The Hall–Kier alpha value is -4.08. The number of rotatable bonds is 2. The van der Waals surface area contributed by atoms with Gasteiger partial charge < -0.3 is 19.3 Å². The highest BCUT2D eigenvalue weighted by Gasteiger charge is 2.33. The summed E-state index contributed by atoms with van der Waals surface area (Å²) >= 11 is 0. The van der Waals surface area contributed by atoms with Crippen molar-refractivity contribution in [3.8, 4) is 17.2 Å². The Bertz CT molecular complexity index is 1350. The fourth-order valence-corrected chi connectivity index (χ4v) is 4.23. The van der Waals surface area contributed by atoms with Crippen molar-refractivity contribution < 1.29 is 31.8 Å². The molecule has 0 radical (unpaired) electrons. The lowest BCUT2D eigenvalue weighted by Gasteiger charge is -2.36. The maximum Gasteiger partial charge on any atom is 0.416 e. The minimum atomic E-state index is -4.53. The van der Waals surface area contributed by atoms with Crippen molar-refractivity contribution in [1.29, 1.82) is 0 Å². The summed E-state index contributed by atoms with van der Waals surface area (Å²) < 4.78 is 65.0. The standard InChI is InChI=1S/C26H21F4N3O3/c1-35-19-6-8-22-20(15-19)24(31-21-14-17(26(28,29)30)5-7-23(21)36-22)32-9-11-33(12-10-32)25(34)16-3-2-4-18(27)13-16/h2-8,13-15H,9-12H2,1H3. The second-order valence-corrected chi connectivity index (χ2v) is 8.37. The molecule has 10 heteroatoms. The molecule has 1 amide bonds. The third-order valence-corrected chi connectivity index (χ3v) is 6.10. The molecule has 2 aliphatic rings. The summed E-state index contributed by atoms with van der Waals surface area (Å²) in [6, 6.07) is 13.8. The van der Waals surface area contributed by atoms with Crippen LogP contribution in [0.15, 0.2) is 65.7 Å². The zero-order valence-electron chi connectivity index (χ0n) is 19.2. The van der Waals surface area contributed by atoms with Gasteiger partial charge in [0.2, 0.25) is 0 Å². The number of hydrogen-bond acceptors (Lipinski definition) is 5. The van der Waals surface area contributed by atoms with Crippen LogP contribution < -0.4 is 9.47 Å². The summed E-state index contributed by atoms with van der Waals surface area (Å²) in [7, 11) is 1.51. The van der Waals surface area contributed by atoms with Crippen LogP contribution in [0.4, 0.5) is 23.2 Å². The zero-order chi connectivity index (χ0) is 25.4. The van der Waals surface area contributed by atoms with Gasteiger partial charge in [-0.1, -0.05) is 6.07 Å². The molecule has 0 atom stereocenters. The van der Waals surface area contributed by atoms with Gasteiger partial charge in [-0.05, 0) is 54.6 Å². The number of benzene rings is 3. The third kappa shape index (κ3) is 4.58. The number of nitrogens with zero attached hydrogens (tertiary/aromatic N) is 3. The van der Waals surface area contributed by atoms with Crippen molar-refractivity contribution in [2.75, 3.05) is 33.3 Å². The number of aliphatic imine (C=N–C) groups is 1. The summed E-state index contributed by atoms with van der Waals surface area (Å²) in [6.07, 6.45) is -4.53. The van der Waals surface area contributed by atoms with Crippen molar-refractivity contribution >= 4 is 17.4 Å². The first-order valence-corrected chi connectivity index (χ1v) is 11.2. The number of amides is 1. The minimum Gasteiger partial charge on any atom is -0.497 e. The van der Waals surface area contributed by atoms with E-state index in [9.17, 15) is 22.4 Å². The van der Waals surface area contributed by atoms with Gasteiger partial charge in [-0.2, -0.15) is 13.2 Å². The smallest absolute Gasteiger partial charge is 0.416 e. The van der Waals surface area contributed by atoms with Crippen molar-refractivity contribution in [1.82, 2.24) is 9.80 Å². The lowest BCUT2D eigenvalue weighted by atomic mass is 10.1. The molecule has 3 aromatic rings. The quantitative estimate of drug-likeness (QED) is 0.438. The van der Waals surface area contributed by atoms with Crippen LogP contribution in [-0.2, 0) is 6.18 Å². The monoisotopic (exact) mass is 499 g/mol. The molecule has 5 rings (SSSR count). The highest BCUT2D eigenvalue weighted by atomic mass is 19.4. The van der Waals surface area contributed by atoms with Crippen LogP contribution >= 0.6 is 0 Å². The molecule has 1 fully saturated rings. The largest absolute Gasteiger partial charge is 0.497 e. The molecule has 0 saturated carbocycles. The molecule has 6 nitrogen and oxygen atoms in total. The molecule has 0 N–H and O–H groups in total. The second-order valence-electron chi connectivity index (χ2n) is 8.37. The van der Waals surface area contributed by atoms with E-state index in [-0.39, 0.29) is 22.9 Å². The number of alkyl halides is 3. The normalized spacial score (nSPS) is 15.3. The van der Waals surface area contributed by atoms with Crippen molar-refractivity contribution in [2.45, 2.75) is 6.18 Å². The first kappa shape index (κ1) is 23.7. The Morgan fingerprint density at radius 3 is 2.42 bits per heavy atom. The van der Waals surface area contributed by atoms with Crippen LogP contribution in [-0.4, -0.2) is 54.8 Å². The number of fused-ring (bicyclic) bond motifs is 2.